The van der Waals surface area contributed by atoms with E-state index < -0.39 is 10.0 Å². The van der Waals surface area contributed by atoms with Gasteiger partial charge in [0.1, 0.15) is 12.3 Å². The van der Waals surface area contributed by atoms with Gasteiger partial charge >= 0.3 is 0 Å². The number of methoxy groups -OCH3 is 1. The van der Waals surface area contributed by atoms with E-state index in [-0.39, 0.29) is 35.8 Å². The second-order valence-electron chi connectivity index (χ2n) is 7.16. The summed E-state index contributed by atoms with van der Waals surface area (Å²) in [5, 5.41) is 5.68. The van der Waals surface area contributed by atoms with Gasteiger partial charge in [-0.3, -0.25) is 14.5 Å². The van der Waals surface area contributed by atoms with Crippen molar-refractivity contribution >= 4 is 38.9 Å². The van der Waals surface area contributed by atoms with E-state index in [1.165, 1.54) is 30.2 Å². The van der Waals surface area contributed by atoms with Crippen LogP contribution in [0.2, 0.25) is 0 Å². The van der Waals surface area contributed by atoms with Gasteiger partial charge in [0.05, 0.1) is 35.6 Å². The number of carbonyl (C=O) groups excluding carboxylic acids is 2. The molecule has 4 rings (SSSR count). The Bertz CT molecular complexity index is 1100. The molecule has 158 valence electrons. The summed E-state index contributed by atoms with van der Waals surface area (Å²) in [4.78, 5) is 26.3. The number of nitrogens with zero attached hydrogens (tertiary/aromatic N) is 1. The predicted octanol–water partition coefficient (Wildman–Crippen LogP) is 1.53. The minimum atomic E-state index is -3.64. The normalized spacial score (nSPS) is 15.9. The van der Waals surface area contributed by atoms with Gasteiger partial charge in [-0.05, 0) is 43.2 Å². The molecule has 1 aliphatic carbocycles. The van der Waals surface area contributed by atoms with E-state index in [0.717, 1.165) is 12.8 Å². The van der Waals surface area contributed by atoms with E-state index in [2.05, 4.69) is 15.4 Å². The van der Waals surface area contributed by atoms with E-state index in [0.29, 0.717) is 22.8 Å². The highest BCUT2D eigenvalue weighted by atomic mass is 32.2. The molecule has 0 saturated heterocycles. The van der Waals surface area contributed by atoms with Crippen LogP contribution in [0.4, 0.5) is 17.1 Å². The molecule has 2 aliphatic rings. The van der Waals surface area contributed by atoms with Crippen LogP contribution in [0.5, 0.6) is 5.75 Å². The van der Waals surface area contributed by atoms with E-state index in [9.17, 15) is 18.0 Å². The Morgan fingerprint density at radius 1 is 1.23 bits per heavy atom. The summed E-state index contributed by atoms with van der Waals surface area (Å²) in [7, 11) is -2.18. The zero-order chi connectivity index (χ0) is 21.3. The summed E-state index contributed by atoms with van der Waals surface area (Å²) in [6, 6.07) is 11.5. The van der Waals surface area contributed by atoms with Crippen molar-refractivity contribution in [1.29, 1.82) is 0 Å². The molecule has 30 heavy (non-hydrogen) atoms. The quantitative estimate of drug-likeness (QED) is 0.613. The molecular formula is C20H22N4O5S. The molecule has 3 N–H and O–H groups in total. The van der Waals surface area contributed by atoms with Crippen molar-refractivity contribution in [3.05, 3.63) is 42.5 Å². The number of rotatable bonds is 7. The lowest BCUT2D eigenvalue weighted by Gasteiger charge is -2.29. The number of benzene rings is 2. The van der Waals surface area contributed by atoms with Crippen molar-refractivity contribution in [2.45, 2.75) is 23.8 Å². The van der Waals surface area contributed by atoms with Crippen LogP contribution in [0.3, 0.4) is 0 Å². The van der Waals surface area contributed by atoms with Gasteiger partial charge in [-0.1, -0.05) is 12.1 Å². The highest BCUT2D eigenvalue weighted by molar-refractivity contribution is 7.89. The van der Waals surface area contributed by atoms with Gasteiger partial charge in [0, 0.05) is 6.04 Å². The summed E-state index contributed by atoms with van der Waals surface area (Å²) >= 11 is 0. The first-order valence-electron chi connectivity index (χ1n) is 9.51. The van der Waals surface area contributed by atoms with Gasteiger partial charge < -0.3 is 15.4 Å². The fourth-order valence-corrected chi connectivity index (χ4v) is 4.53. The van der Waals surface area contributed by atoms with Crippen molar-refractivity contribution in [2.75, 3.05) is 35.7 Å². The second kappa shape index (κ2) is 7.96. The van der Waals surface area contributed by atoms with E-state index in [1.54, 1.807) is 24.3 Å². The average Bonchev–Trinajstić information content (AvgIpc) is 3.54. The average molecular weight is 430 g/mol. The largest absolute Gasteiger partial charge is 0.495 e. The molecule has 9 nitrogen and oxygen atoms in total. The van der Waals surface area contributed by atoms with Crippen LogP contribution in [0.1, 0.15) is 12.8 Å². The third-order valence-electron chi connectivity index (χ3n) is 4.88. The van der Waals surface area contributed by atoms with E-state index in [1.807, 2.05) is 0 Å². The monoisotopic (exact) mass is 430 g/mol. The van der Waals surface area contributed by atoms with Gasteiger partial charge in [-0.2, -0.15) is 0 Å². The van der Waals surface area contributed by atoms with Crippen molar-refractivity contribution in [2.24, 2.45) is 0 Å². The van der Waals surface area contributed by atoms with Crippen LogP contribution in [0.15, 0.2) is 47.4 Å². The molecule has 0 radical (unpaired) electrons. The first-order chi connectivity index (χ1) is 14.4. The van der Waals surface area contributed by atoms with E-state index in [4.69, 9.17) is 4.74 Å². The maximum Gasteiger partial charge on any atom is 0.246 e. The minimum Gasteiger partial charge on any atom is -0.495 e. The molecule has 2 aromatic carbocycles. The number of sulfonamides is 1. The Labute approximate surface area is 174 Å². The number of fused-ring (bicyclic) bond motifs is 1. The zero-order valence-electron chi connectivity index (χ0n) is 16.3. The van der Waals surface area contributed by atoms with Gasteiger partial charge in [-0.15, -0.1) is 0 Å². The van der Waals surface area contributed by atoms with Crippen molar-refractivity contribution < 1.29 is 22.7 Å². The number of nitrogens with one attached hydrogen (secondary N) is 3. The fraction of sp³-hybridized carbons (Fsp3) is 0.300. The maximum atomic E-state index is 12.8. The molecule has 0 spiro atoms. The highest BCUT2D eigenvalue weighted by Gasteiger charge is 2.29. The molecule has 1 saturated carbocycles. The lowest BCUT2D eigenvalue weighted by atomic mass is 10.2. The number of hydrogen-bond donors (Lipinski definition) is 3. The SMILES string of the molecule is COc1ccc(S(=O)(=O)NC2CC2)cc1NCC(=O)N1CC(=O)Nc2ccccc21. The smallest absolute Gasteiger partial charge is 0.246 e. The summed E-state index contributed by atoms with van der Waals surface area (Å²) < 4.78 is 32.9. The van der Waals surface area contributed by atoms with Crippen LogP contribution < -0.4 is 25.0 Å². The maximum absolute atomic E-state index is 12.8. The zero-order valence-corrected chi connectivity index (χ0v) is 17.2. The first-order valence-corrected chi connectivity index (χ1v) is 11.0. The highest BCUT2D eigenvalue weighted by Crippen LogP contribution is 2.31. The van der Waals surface area contributed by atoms with Crippen LogP contribution in [0, 0.1) is 0 Å². The molecule has 1 heterocycles. The predicted molar refractivity (Wildman–Crippen MR) is 112 cm³/mol. The molecule has 0 atom stereocenters. The Kier molecular flexibility index (Phi) is 5.35. The van der Waals surface area contributed by atoms with Crippen LogP contribution in [-0.2, 0) is 19.6 Å². The summed E-state index contributed by atoms with van der Waals surface area (Å²) in [6.45, 7) is -0.230. The molecule has 2 aromatic rings. The van der Waals surface area contributed by atoms with Crippen molar-refractivity contribution in [3.8, 4) is 5.75 Å². The van der Waals surface area contributed by atoms with Crippen LogP contribution in [-0.4, -0.2) is 46.5 Å². The molecule has 1 aliphatic heterocycles. The van der Waals surface area contributed by atoms with Crippen LogP contribution >= 0.6 is 0 Å². The van der Waals surface area contributed by atoms with Gasteiger partial charge in [0.2, 0.25) is 21.8 Å². The van der Waals surface area contributed by atoms with Gasteiger partial charge in [-0.25, -0.2) is 13.1 Å². The number of ether oxygens (including phenoxy) is 1. The Morgan fingerprint density at radius 3 is 2.73 bits per heavy atom. The molecular weight excluding hydrogens is 408 g/mol. The third-order valence-corrected chi connectivity index (χ3v) is 6.40. The summed E-state index contributed by atoms with van der Waals surface area (Å²) in [6.07, 6.45) is 1.67. The molecule has 10 heteroatoms. The molecule has 0 aromatic heterocycles. The van der Waals surface area contributed by atoms with Crippen LogP contribution in [0.25, 0.3) is 0 Å². The Morgan fingerprint density at radius 2 is 2.00 bits per heavy atom. The number of para-hydroxylation sites is 2. The summed E-state index contributed by atoms with van der Waals surface area (Å²) in [5.74, 6) is -0.201. The number of anilines is 3. The Hall–Kier alpha value is -3.11. The summed E-state index contributed by atoms with van der Waals surface area (Å²) in [5.41, 5.74) is 1.55. The number of carbonyl (C=O) groups is 2. The molecule has 2 amide bonds. The second-order valence-corrected chi connectivity index (χ2v) is 8.87. The first kappa shape index (κ1) is 20.2. The lowest BCUT2D eigenvalue weighted by Crippen LogP contribution is -2.44. The number of hydrogen-bond acceptors (Lipinski definition) is 6. The van der Waals surface area contributed by atoms with Gasteiger partial charge in [0.15, 0.2) is 0 Å². The standard InChI is InChI=1S/C20H22N4O5S/c1-29-18-9-8-14(30(27,28)23-13-6-7-13)10-16(18)21-11-20(26)24-12-19(25)22-15-4-2-3-5-17(15)24/h2-5,8-10,13,21,23H,6-7,11-12H2,1H3,(H,22,25). The van der Waals surface area contributed by atoms with Gasteiger partial charge in [0.25, 0.3) is 0 Å². The Balaban J connectivity index is 1.52. The fourth-order valence-electron chi connectivity index (χ4n) is 3.20. The number of amides is 2. The van der Waals surface area contributed by atoms with Crippen molar-refractivity contribution in [1.82, 2.24) is 4.72 Å². The third kappa shape index (κ3) is 4.24. The molecule has 1 fully saturated rings. The van der Waals surface area contributed by atoms with Crippen molar-refractivity contribution in [3.63, 3.8) is 0 Å². The minimum absolute atomic E-state index is 0.0135. The molecule has 0 bridgehead atoms. The molecule has 0 unspecified atom stereocenters. The van der Waals surface area contributed by atoms with E-state index >= 15 is 0 Å². The lowest BCUT2D eigenvalue weighted by molar-refractivity contribution is -0.120. The topological polar surface area (TPSA) is 117 Å².